The third-order valence-electron chi connectivity index (χ3n) is 4.76. The van der Waals surface area contributed by atoms with E-state index in [-0.39, 0.29) is 18.3 Å². The number of carbonyl (C=O) groups excluding carboxylic acids is 1. The highest BCUT2D eigenvalue weighted by Crippen LogP contribution is 2.32. The van der Waals surface area contributed by atoms with Gasteiger partial charge < -0.3 is 10.1 Å². The molecular weight excluding hydrogens is 342 g/mol. The lowest BCUT2D eigenvalue weighted by Crippen LogP contribution is -2.38. The number of para-hydroxylation sites is 2. The first-order valence-corrected chi connectivity index (χ1v) is 8.42. The summed E-state index contributed by atoms with van der Waals surface area (Å²) >= 11 is 0. The molecule has 2 aliphatic heterocycles. The fourth-order valence-electron chi connectivity index (χ4n) is 3.44. The van der Waals surface area contributed by atoms with Crippen molar-refractivity contribution in [2.45, 2.75) is 25.8 Å². The van der Waals surface area contributed by atoms with Gasteiger partial charge in [0.25, 0.3) is 5.91 Å². The number of halogens is 1. The molecule has 2 aromatic rings. The summed E-state index contributed by atoms with van der Waals surface area (Å²) in [4.78, 5) is 14.8. The van der Waals surface area contributed by atoms with E-state index in [2.05, 4.69) is 15.6 Å². The summed E-state index contributed by atoms with van der Waals surface area (Å²) in [6, 6.07) is 7.92. The maximum absolute atomic E-state index is 13.0. The summed E-state index contributed by atoms with van der Waals surface area (Å²) in [7, 11) is 0. The first-order valence-electron chi connectivity index (χ1n) is 8.42. The van der Waals surface area contributed by atoms with Crippen molar-refractivity contribution >= 4 is 24.0 Å². The lowest BCUT2D eigenvalue weighted by atomic mass is 10.1. The first-order chi connectivity index (χ1) is 11.8. The molecule has 0 spiro atoms. The van der Waals surface area contributed by atoms with Crippen LogP contribution in [0.3, 0.4) is 0 Å². The Morgan fingerprint density at radius 2 is 2.04 bits per heavy atom. The SMILES string of the molecule is Cc1c(C(=O)N2CCOc3ccccc32)nnn1C1CCNCC1.Cl. The Morgan fingerprint density at radius 3 is 2.84 bits per heavy atom. The molecule has 25 heavy (non-hydrogen) atoms. The van der Waals surface area contributed by atoms with Crippen molar-refractivity contribution in [2.75, 3.05) is 31.1 Å². The Bertz CT molecular complexity index is 757. The quantitative estimate of drug-likeness (QED) is 0.883. The summed E-state index contributed by atoms with van der Waals surface area (Å²) in [5.41, 5.74) is 2.07. The summed E-state index contributed by atoms with van der Waals surface area (Å²) in [6.07, 6.45) is 2.02. The molecule has 8 heteroatoms. The summed E-state index contributed by atoms with van der Waals surface area (Å²) < 4.78 is 7.55. The van der Waals surface area contributed by atoms with Crippen LogP contribution in [-0.4, -0.2) is 47.1 Å². The zero-order valence-corrected chi connectivity index (χ0v) is 15.0. The molecule has 0 unspecified atom stereocenters. The van der Waals surface area contributed by atoms with Crippen LogP contribution in [0.1, 0.15) is 35.1 Å². The van der Waals surface area contributed by atoms with Crippen LogP contribution in [-0.2, 0) is 0 Å². The zero-order valence-electron chi connectivity index (χ0n) is 14.1. The Morgan fingerprint density at radius 1 is 1.28 bits per heavy atom. The molecule has 0 radical (unpaired) electrons. The minimum atomic E-state index is -0.108. The van der Waals surface area contributed by atoms with E-state index in [1.165, 1.54) is 0 Å². The second-order valence-electron chi connectivity index (χ2n) is 6.22. The maximum atomic E-state index is 13.0. The summed E-state index contributed by atoms with van der Waals surface area (Å²) in [5.74, 6) is 0.629. The molecular formula is C17H22ClN5O2. The van der Waals surface area contributed by atoms with E-state index in [0.717, 1.165) is 43.1 Å². The average Bonchev–Trinajstić information content (AvgIpc) is 3.03. The van der Waals surface area contributed by atoms with Gasteiger partial charge in [0.15, 0.2) is 5.69 Å². The van der Waals surface area contributed by atoms with Gasteiger partial charge in [-0.2, -0.15) is 0 Å². The minimum Gasteiger partial charge on any atom is -0.490 e. The second-order valence-corrected chi connectivity index (χ2v) is 6.22. The van der Waals surface area contributed by atoms with Crippen LogP contribution < -0.4 is 15.0 Å². The van der Waals surface area contributed by atoms with E-state index in [0.29, 0.717) is 24.9 Å². The number of ether oxygens (including phenoxy) is 1. The van der Waals surface area contributed by atoms with Gasteiger partial charge >= 0.3 is 0 Å². The Balaban J connectivity index is 0.00000182. The molecule has 4 rings (SSSR count). The Hall–Kier alpha value is -2.12. The number of hydrogen-bond acceptors (Lipinski definition) is 5. The second kappa shape index (κ2) is 7.41. The van der Waals surface area contributed by atoms with E-state index in [1.54, 1.807) is 4.90 Å². The molecule has 0 aliphatic carbocycles. The van der Waals surface area contributed by atoms with Gasteiger partial charge in [0.05, 0.1) is 24.0 Å². The Kier molecular flexibility index (Phi) is 5.24. The van der Waals surface area contributed by atoms with Crippen LogP contribution in [0, 0.1) is 6.92 Å². The highest BCUT2D eigenvalue weighted by molar-refractivity contribution is 6.06. The normalized spacial score (nSPS) is 17.4. The van der Waals surface area contributed by atoms with Crippen molar-refractivity contribution in [1.82, 2.24) is 20.3 Å². The minimum absolute atomic E-state index is 0. The molecule has 1 aromatic heterocycles. The summed E-state index contributed by atoms with van der Waals surface area (Å²) in [6.45, 7) is 4.90. The number of piperidine rings is 1. The number of carbonyl (C=O) groups is 1. The third-order valence-corrected chi connectivity index (χ3v) is 4.76. The number of anilines is 1. The average molecular weight is 364 g/mol. The standard InChI is InChI=1S/C17H21N5O2.ClH/c1-12-16(19-20-22(12)13-6-8-18-9-7-13)17(23)21-10-11-24-15-5-3-2-4-14(15)21;/h2-5,13,18H,6-11H2,1H3;1H. The van der Waals surface area contributed by atoms with Crippen LogP contribution in [0.15, 0.2) is 24.3 Å². The van der Waals surface area contributed by atoms with Crippen molar-refractivity contribution in [2.24, 2.45) is 0 Å². The van der Waals surface area contributed by atoms with E-state index in [4.69, 9.17) is 4.74 Å². The monoisotopic (exact) mass is 363 g/mol. The van der Waals surface area contributed by atoms with Crippen molar-refractivity contribution in [1.29, 1.82) is 0 Å². The number of nitrogens with one attached hydrogen (secondary N) is 1. The van der Waals surface area contributed by atoms with E-state index in [9.17, 15) is 4.79 Å². The molecule has 1 N–H and O–H groups in total. The predicted octanol–water partition coefficient (Wildman–Crippen LogP) is 1.97. The molecule has 134 valence electrons. The third kappa shape index (κ3) is 3.21. The topological polar surface area (TPSA) is 72.3 Å². The van der Waals surface area contributed by atoms with E-state index < -0.39 is 0 Å². The van der Waals surface area contributed by atoms with Crippen molar-refractivity contribution in [3.8, 4) is 5.75 Å². The van der Waals surface area contributed by atoms with E-state index in [1.807, 2.05) is 35.9 Å². The van der Waals surface area contributed by atoms with Crippen LogP contribution >= 0.6 is 12.4 Å². The highest BCUT2D eigenvalue weighted by atomic mass is 35.5. The molecule has 1 saturated heterocycles. The first kappa shape index (κ1) is 17.7. The molecule has 0 saturated carbocycles. The van der Waals surface area contributed by atoms with Gasteiger partial charge in [-0.05, 0) is 45.0 Å². The molecule has 0 atom stereocenters. The molecule has 2 aliphatic rings. The molecule has 7 nitrogen and oxygen atoms in total. The van der Waals surface area contributed by atoms with Crippen LogP contribution in [0.25, 0.3) is 0 Å². The highest BCUT2D eigenvalue weighted by Gasteiger charge is 2.29. The zero-order chi connectivity index (χ0) is 16.5. The van der Waals surface area contributed by atoms with Gasteiger partial charge in [0.1, 0.15) is 12.4 Å². The number of amides is 1. The van der Waals surface area contributed by atoms with Crippen molar-refractivity contribution in [3.05, 3.63) is 35.7 Å². The van der Waals surface area contributed by atoms with Gasteiger partial charge in [0, 0.05) is 0 Å². The van der Waals surface area contributed by atoms with Crippen molar-refractivity contribution < 1.29 is 9.53 Å². The number of aromatic nitrogens is 3. The maximum Gasteiger partial charge on any atom is 0.280 e. The van der Waals surface area contributed by atoms with Gasteiger partial charge in [-0.3, -0.25) is 9.69 Å². The number of fused-ring (bicyclic) bond motifs is 1. The van der Waals surface area contributed by atoms with Gasteiger partial charge in [-0.25, -0.2) is 4.68 Å². The van der Waals surface area contributed by atoms with Crippen LogP contribution in [0.4, 0.5) is 5.69 Å². The molecule has 1 amide bonds. The van der Waals surface area contributed by atoms with Crippen molar-refractivity contribution in [3.63, 3.8) is 0 Å². The van der Waals surface area contributed by atoms with Crippen LogP contribution in [0.2, 0.25) is 0 Å². The Labute approximate surface area is 152 Å². The van der Waals surface area contributed by atoms with E-state index >= 15 is 0 Å². The lowest BCUT2D eigenvalue weighted by Gasteiger charge is -2.29. The summed E-state index contributed by atoms with van der Waals surface area (Å²) in [5, 5.41) is 11.8. The van der Waals surface area contributed by atoms with Crippen LogP contribution in [0.5, 0.6) is 5.75 Å². The predicted molar refractivity (Wildman–Crippen MR) is 96.8 cm³/mol. The molecule has 3 heterocycles. The largest absolute Gasteiger partial charge is 0.490 e. The fourth-order valence-corrected chi connectivity index (χ4v) is 3.44. The molecule has 1 aromatic carbocycles. The number of rotatable bonds is 2. The molecule has 0 bridgehead atoms. The molecule has 1 fully saturated rings. The van der Waals surface area contributed by atoms with Gasteiger partial charge in [0.2, 0.25) is 0 Å². The smallest absolute Gasteiger partial charge is 0.280 e. The van der Waals surface area contributed by atoms with Gasteiger partial charge in [-0.15, -0.1) is 17.5 Å². The fraction of sp³-hybridized carbons (Fsp3) is 0.471. The van der Waals surface area contributed by atoms with Gasteiger partial charge in [-0.1, -0.05) is 17.3 Å². The number of benzene rings is 1. The number of hydrogen-bond donors (Lipinski definition) is 1. The lowest BCUT2D eigenvalue weighted by molar-refractivity contribution is 0.0971. The number of nitrogens with zero attached hydrogens (tertiary/aromatic N) is 4.